The molecule has 3 nitrogen and oxygen atoms in total. The van der Waals surface area contributed by atoms with Crippen molar-refractivity contribution in [1.29, 1.82) is 0 Å². The van der Waals surface area contributed by atoms with Gasteiger partial charge in [0.05, 0.1) is 12.5 Å². The molecule has 9 atom stereocenters. The lowest BCUT2D eigenvalue weighted by atomic mass is 9.39. The SMILES string of the molecule is COC(=O)C12CCCC(C)C1C1=CCC3C4(C)C=C(C)C(=O)C(C)C4CCC3(C)C1CC2. The zero-order chi connectivity index (χ0) is 23.1. The van der Waals surface area contributed by atoms with Crippen LogP contribution in [0.3, 0.4) is 0 Å². The molecule has 5 rings (SSSR count). The lowest BCUT2D eigenvalue weighted by Crippen LogP contribution is -2.59. The van der Waals surface area contributed by atoms with Crippen LogP contribution < -0.4 is 0 Å². The molecular weight excluding hydrogens is 396 g/mol. The summed E-state index contributed by atoms with van der Waals surface area (Å²) in [5.74, 6) is 3.00. The third-order valence-corrected chi connectivity index (χ3v) is 11.3. The van der Waals surface area contributed by atoms with Gasteiger partial charge in [0.1, 0.15) is 0 Å². The number of carbonyl (C=O) groups excluding carboxylic acids is 2. The predicted molar refractivity (Wildman–Crippen MR) is 127 cm³/mol. The van der Waals surface area contributed by atoms with E-state index in [1.165, 1.54) is 12.8 Å². The Morgan fingerprint density at radius 2 is 1.84 bits per heavy atom. The Hall–Kier alpha value is -1.38. The van der Waals surface area contributed by atoms with Crippen LogP contribution in [0.15, 0.2) is 23.3 Å². The number of rotatable bonds is 1. The van der Waals surface area contributed by atoms with Crippen molar-refractivity contribution in [2.24, 2.45) is 51.8 Å². The van der Waals surface area contributed by atoms with Crippen LogP contribution in [0, 0.1) is 51.8 Å². The fourth-order valence-corrected chi connectivity index (χ4v) is 10.0. The van der Waals surface area contributed by atoms with E-state index in [4.69, 9.17) is 4.74 Å². The van der Waals surface area contributed by atoms with Crippen molar-refractivity contribution in [2.75, 3.05) is 7.11 Å². The number of esters is 1. The smallest absolute Gasteiger partial charge is 0.312 e. The molecular formula is C29H42O3. The summed E-state index contributed by atoms with van der Waals surface area (Å²) in [4.78, 5) is 25.9. The normalized spacial score (nSPS) is 50.1. The van der Waals surface area contributed by atoms with Gasteiger partial charge in [-0.25, -0.2) is 0 Å². The summed E-state index contributed by atoms with van der Waals surface area (Å²) in [6.07, 6.45) is 13.8. The fraction of sp³-hybridized carbons (Fsp3) is 0.793. The van der Waals surface area contributed by atoms with Gasteiger partial charge in [0.15, 0.2) is 5.78 Å². The summed E-state index contributed by atoms with van der Waals surface area (Å²) < 4.78 is 5.42. The quantitative estimate of drug-likeness (QED) is 0.345. The van der Waals surface area contributed by atoms with E-state index in [9.17, 15) is 9.59 Å². The van der Waals surface area contributed by atoms with Crippen LogP contribution in [-0.2, 0) is 14.3 Å². The van der Waals surface area contributed by atoms with Crippen LogP contribution in [-0.4, -0.2) is 18.9 Å². The van der Waals surface area contributed by atoms with Gasteiger partial charge in [-0.2, -0.15) is 0 Å². The van der Waals surface area contributed by atoms with Crippen LogP contribution in [0.4, 0.5) is 0 Å². The molecule has 0 bridgehead atoms. The topological polar surface area (TPSA) is 43.4 Å². The molecule has 3 saturated carbocycles. The van der Waals surface area contributed by atoms with Gasteiger partial charge in [0.2, 0.25) is 0 Å². The van der Waals surface area contributed by atoms with Crippen molar-refractivity contribution in [3.8, 4) is 0 Å². The highest BCUT2D eigenvalue weighted by Gasteiger charge is 2.64. The maximum absolute atomic E-state index is 13.2. The maximum Gasteiger partial charge on any atom is 0.312 e. The zero-order valence-corrected chi connectivity index (χ0v) is 21.0. The summed E-state index contributed by atoms with van der Waals surface area (Å²) >= 11 is 0. The van der Waals surface area contributed by atoms with Crippen LogP contribution in [0.25, 0.3) is 0 Å². The molecule has 0 aromatic rings. The Kier molecular flexibility index (Phi) is 5.12. The number of hydrogen-bond acceptors (Lipinski definition) is 3. The zero-order valence-electron chi connectivity index (χ0n) is 21.0. The van der Waals surface area contributed by atoms with Gasteiger partial charge >= 0.3 is 5.97 Å². The molecule has 0 aromatic carbocycles. The number of fused-ring (bicyclic) bond motifs is 7. The first-order valence-electron chi connectivity index (χ1n) is 13.1. The van der Waals surface area contributed by atoms with E-state index >= 15 is 0 Å². The van der Waals surface area contributed by atoms with Crippen LogP contribution in [0.5, 0.6) is 0 Å². The third kappa shape index (κ3) is 2.72. The molecule has 5 aliphatic rings. The van der Waals surface area contributed by atoms with E-state index in [-0.39, 0.29) is 28.1 Å². The molecule has 0 aliphatic heterocycles. The van der Waals surface area contributed by atoms with Gasteiger partial charge in [0, 0.05) is 5.92 Å². The minimum atomic E-state index is -0.304. The second-order valence-electron chi connectivity index (χ2n) is 12.6. The van der Waals surface area contributed by atoms with Crippen LogP contribution in [0.2, 0.25) is 0 Å². The van der Waals surface area contributed by atoms with E-state index in [0.717, 1.165) is 44.1 Å². The van der Waals surface area contributed by atoms with Crippen molar-refractivity contribution in [1.82, 2.24) is 0 Å². The summed E-state index contributed by atoms with van der Waals surface area (Å²) in [5, 5.41) is 0. The average Bonchev–Trinajstić information content (AvgIpc) is 2.76. The van der Waals surface area contributed by atoms with Gasteiger partial charge in [0.25, 0.3) is 0 Å². The van der Waals surface area contributed by atoms with E-state index < -0.39 is 0 Å². The Labute approximate surface area is 194 Å². The van der Waals surface area contributed by atoms with E-state index in [1.807, 2.05) is 6.92 Å². The molecule has 32 heavy (non-hydrogen) atoms. The average molecular weight is 439 g/mol. The molecule has 0 saturated heterocycles. The van der Waals surface area contributed by atoms with Gasteiger partial charge in [-0.05, 0) is 91.4 Å². The van der Waals surface area contributed by atoms with E-state index in [2.05, 4.69) is 39.8 Å². The molecule has 0 heterocycles. The molecule has 3 heteroatoms. The number of allylic oxidation sites excluding steroid dienone is 4. The molecule has 0 radical (unpaired) electrons. The first kappa shape index (κ1) is 22.4. The van der Waals surface area contributed by atoms with E-state index in [0.29, 0.717) is 35.4 Å². The lowest BCUT2D eigenvalue weighted by molar-refractivity contribution is -0.166. The van der Waals surface area contributed by atoms with Gasteiger partial charge < -0.3 is 4.74 Å². The van der Waals surface area contributed by atoms with E-state index in [1.54, 1.807) is 12.7 Å². The monoisotopic (exact) mass is 438 g/mol. The number of Topliss-reactive ketones (excluding diaryl/α,β-unsaturated/α-hetero) is 1. The largest absolute Gasteiger partial charge is 0.469 e. The number of methoxy groups -OCH3 is 1. The Morgan fingerprint density at radius 1 is 1.09 bits per heavy atom. The van der Waals surface area contributed by atoms with Crippen LogP contribution >= 0.6 is 0 Å². The Balaban J connectivity index is 1.59. The van der Waals surface area contributed by atoms with Crippen molar-refractivity contribution < 1.29 is 14.3 Å². The highest BCUT2D eigenvalue weighted by molar-refractivity contribution is 5.97. The van der Waals surface area contributed by atoms with Crippen molar-refractivity contribution in [3.63, 3.8) is 0 Å². The highest BCUT2D eigenvalue weighted by atomic mass is 16.5. The second-order valence-corrected chi connectivity index (χ2v) is 12.6. The van der Waals surface area contributed by atoms with Crippen molar-refractivity contribution >= 4 is 11.8 Å². The summed E-state index contributed by atoms with van der Waals surface area (Å²) in [6.45, 7) is 11.6. The summed E-state index contributed by atoms with van der Waals surface area (Å²) in [6, 6.07) is 0. The molecule has 9 unspecified atom stereocenters. The maximum atomic E-state index is 13.2. The van der Waals surface area contributed by atoms with Gasteiger partial charge in [-0.3, -0.25) is 9.59 Å². The second kappa shape index (κ2) is 7.31. The minimum absolute atomic E-state index is 0.0366. The fourth-order valence-electron chi connectivity index (χ4n) is 10.0. The number of hydrogen-bond donors (Lipinski definition) is 0. The first-order chi connectivity index (χ1) is 15.1. The summed E-state index contributed by atoms with van der Waals surface area (Å²) in [5.41, 5.74) is 2.59. The third-order valence-electron chi connectivity index (χ3n) is 11.3. The Bertz CT molecular complexity index is 898. The molecule has 176 valence electrons. The Morgan fingerprint density at radius 3 is 2.56 bits per heavy atom. The molecule has 3 fully saturated rings. The van der Waals surface area contributed by atoms with Crippen LogP contribution in [0.1, 0.15) is 86.0 Å². The molecule has 0 aromatic heterocycles. The molecule has 0 amide bonds. The highest BCUT2D eigenvalue weighted by Crippen LogP contribution is 2.69. The van der Waals surface area contributed by atoms with Gasteiger partial charge in [-0.15, -0.1) is 0 Å². The predicted octanol–water partition coefficient (Wildman–Crippen LogP) is 6.53. The molecule has 0 N–H and O–H groups in total. The first-order valence-corrected chi connectivity index (χ1v) is 13.1. The lowest BCUT2D eigenvalue weighted by Gasteiger charge is -2.65. The minimum Gasteiger partial charge on any atom is -0.469 e. The van der Waals surface area contributed by atoms with Crippen molar-refractivity contribution in [3.05, 3.63) is 23.3 Å². The number of ketones is 1. The summed E-state index contributed by atoms with van der Waals surface area (Å²) in [7, 11) is 1.58. The number of carbonyl (C=O) groups is 2. The van der Waals surface area contributed by atoms with Crippen molar-refractivity contribution in [2.45, 2.75) is 86.0 Å². The molecule has 0 spiro atoms. The molecule has 5 aliphatic carbocycles. The number of ether oxygens (including phenoxy) is 1. The standard InChI is InChI=1S/C29H42O3/c1-17-8-7-13-29(26(31)32-6)15-12-22-20(24(17)29)9-10-23-27(22,4)14-11-21-19(3)25(30)18(2)16-28(21,23)5/h9,16-17,19,21-24H,7-8,10-15H2,1-6H3. The van der Waals surface area contributed by atoms with Gasteiger partial charge in [-0.1, -0.05) is 58.3 Å².